The molecule has 68 heavy (non-hydrogen) atoms. The lowest BCUT2D eigenvalue weighted by molar-refractivity contribution is -0.135. The maximum Gasteiger partial charge on any atom is 0.329 e. The fourth-order valence-corrected chi connectivity index (χ4v) is 9.92. The van der Waals surface area contributed by atoms with Crippen LogP contribution in [-0.4, -0.2) is 117 Å². The predicted octanol–water partition coefficient (Wildman–Crippen LogP) is 4.67. The molecule has 2 N–H and O–H groups in total. The van der Waals surface area contributed by atoms with Gasteiger partial charge in [0.2, 0.25) is 11.8 Å². The average molecular weight is 920 g/mol. The largest absolute Gasteiger partial charge is 0.371 e. The first kappa shape index (κ1) is 44.6. The van der Waals surface area contributed by atoms with Crippen molar-refractivity contribution < 1.29 is 14.4 Å². The number of piperazine rings is 1. The molecule has 0 radical (unpaired) electrons. The molecule has 3 saturated heterocycles. The number of imide groups is 1. The molecule has 19 nitrogen and oxygen atoms in total. The molecule has 5 aromatic heterocycles. The molecule has 2 atom stereocenters. The summed E-state index contributed by atoms with van der Waals surface area (Å²) in [6.07, 6.45) is 8.32. The Hall–Kier alpha value is -7.28. The lowest BCUT2D eigenvalue weighted by Crippen LogP contribution is -2.49. The summed E-state index contributed by atoms with van der Waals surface area (Å²) in [4.78, 5) is 69.6. The monoisotopic (exact) mass is 919 g/mol. The Kier molecular flexibility index (Phi) is 11.6. The van der Waals surface area contributed by atoms with Gasteiger partial charge in [-0.15, -0.1) is 10.2 Å². The molecular formula is C49H57N15O4. The normalized spacial score (nSPS) is 18.1. The molecule has 3 amide bonds. The summed E-state index contributed by atoms with van der Waals surface area (Å²) in [5, 5.41) is 22.3. The van der Waals surface area contributed by atoms with Crippen molar-refractivity contribution in [3.05, 3.63) is 101 Å². The van der Waals surface area contributed by atoms with E-state index >= 15 is 0 Å². The van der Waals surface area contributed by atoms with Gasteiger partial charge in [-0.3, -0.25) is 33.7 Å². The Morgan fingerprint density at radius 2 is 1.66 bits per heavy atom. The van der Waals surface area contributed by atoms with E-state index in [2.05, 4.69) is 70.1 Å². The summed E-state index contributed by atoms with van der Waals surface area (Å²) in [6.45, 7) is 16.5. The number of hydrogen-bond donors (Lipinski definition) is 2. The van der Waals surface area contributed by atoms with Gasteiger partial charge in [-0.2, -0.15) is 9.90 Å². The summed E-state index contributed by atoms with van der Waals surface area (Å²) < 4.78 is 4.99. The molecule has 10 rings (SSSR count). The minimum Gasteiger partial charge on any atom is -0.371 e. The zero-order valence-electron chi connectivity index (χ0n) is 39.4. The molecule has 19 heteroatoms. The molecule has 0 saturated carbocycles. The van der Waals surface area contributed by atoms with Crippen LogP contribution in [-0.2, 0) is 22.2 Å². The summed E-state index contributed by atoms with van der Waals surface area (Å²) in [6, 6.07) is 17.3. The van der Waals surface area contributed by atoms with Crippen molar-refractivity contribution in [1.29, 1.82) is 0 Å². The molecule has 0 aliphatic carbocycles. The number of aromatic nitrogens is 10. The summed E-state index contributed by atoms with van der Waals surface area (Å²) >= 11 is 0. The van der Waals surface area contributed by atoms with E-state index < -0.39 is 11.9 Å². The molecule has 7 aromatic rings. The third-order valence-electron chi connectivity index (χ3n) is 13.8. The SMILES string of the molecule is Cc1cc(-c2nc(-c3ccc(N4CCN(CC5CCN(c6ccc7c(c6)n(C)c(=O)n7C6CCC(=O)NC6=O)CC5)CC4)nc3)cn3nccc23)ccc1[C@@H](C)NC(=O)c1nnn(C(C)(C)C)n1. The van der Waals surface area contributed by atoms with Crippen molar-refractivity contribution in [2.75, 3.05) is 55.6 Å². The van der Waals surface area contributed by atoms with Crippen LogP contribution in [0.2, 0.25) is 0 Å². The van der Waals surface area contributed by atoms with Crippen LogP contribution >= 0.6 is 0 Å². The van der Waals surface area contributed by atoms with Gasteiger partial charge in [0.15, 0.2) is 0 Å². The summed E-state index contributed by atoms with van der Waals surface area (Å²) in [5.74, 6) is 0.481. The number of carbonyl (C=O) groups excluding carboxylic acids is 3. The number of anilines is 2. The van der Waals surface area contributed by atoms with E-state index in [1.54, 1.807) is 17.8 Å². The van der Waals surface area contributed by atoms with Crippen molar-refractivity contribution in [2.24, 2.45) is 13.0 Å². The van der Waals surface area contributed by atoms with Crippen LogP contribution in [0.1, 0.15) is 87.2 Å². The van der Waals surface area contributed by atoms with Gasteiger partial charge in [-0.25, -0.2) is 19.3 Å². The van der Waals surface area contributed by atoms with Crippen molar-refractivity contribution in [3.63, 3.8) is 0 Å². The molecule has 8 heterocycles. The molecule has 1 unspecified atom stereocenters. The van der Waals surface area contributed by atoms with Crippen LogP contribution in [0.25, 0.3) is 39.1 Å². The zero-order valence-corrected chi connectivity index (χ0v) is 39.4. The number of nitrogens with zero attached hydrogens (tertiary/aromatic N) is 13. The number of carbonyl (C=O) groups is 3. The number of rotatable bonds is 10. The number of hydrogen-bond acceptors (Lipinski definition) is 13. The smallest absolute Gasteiger partial charge is 0.329 e. The molecule has 352 valence electrons. The van der Waals surface area contributed by atoms with Crippen molar-refractivity contribution in [3.8, 4) is 22.5 Å². The fraction of sp³-hybridized carbons (Fsp3) is 0.429. The second-order valence-corrected chi connectivity index (χ2v) is 19.5. The Balaban J connectivity index is 0.740. The van der Waals surface area contributed by atoms with Gasteiger partial charge in [-0.05, 0) is 119 Å². The van der Waals surface area contributed by atoms with E-state index in [1.165, 1.54) is 9.36 Å². The highest BCUT2D eigenvalue weighted by Gasteiger charge is 2.32. The lowest BCUT2D eigenvalue weighted by atomic mass is 9.95. The number of nitrogens with one attached hydrogen (secondary N) is 2. The number of piperidine rings is 2. The van der Waals surface area contributed by atoms with E-state index in [-0.39, 0.29) is 41.3 Å². The maximum atomic E-state index is 13.3. The zero-order chi connectivity index (χ0) is 47.4. The standard InChI is InChI=1S/C49H57N15O4/c1-30-25-33(7-10-36(30)31(2)52-47(67)45-55-57-64(56-45)49(3,4)5)44-39-15-18-51-62(39)29-37(53-44)34-8-13-42(50-27-34)61-23-21-59(22-24-61)28-32-16-19-60(20-17-32)35-9-11-38-41(26-35)58(6)48(68)63(38)40-12-14-43(65)54-46(40)66/h7-11,13,15,18,25-27,29,31-32,40H,12,14,16-17,19-24,28H2,1-6H3,(H,52,67)(H,54,65,66)/t31-,40?/m1/s1. The predicted molar refractivity (Wildman–Crippen MR) is 257 cm³/mol. The Labute approximate surface area is 393 Å². The van der Waals surface area contributed by atoms with Crippen LogP contribution in [0.4, 0.5) is 11.5 Å². The van der Waals surface area contributed by atoms with Gasteiger partial charge in [0, 0.05) is 82.3 Å². The first-order chi connectivity index (χ1) is 32.7. The molecule has 2 aromatic carbocycles. The van der Waals surface area contributed by atoms with E-state index in [0.29, 0.717) is 17.9 Å². The first-order valence-electron chi connectivity index (χ1n) is 23.5. The first-order valence-corrected chi connectivity index (χ1v) is 23.5. The van der Waals surface area contributed by atoms with Gasteiger partial charge >= 0.3 is 5.69 Å². The second kappa shape index (κ2) is 17.7. The van der Waals surface area contributed by atoms with Crippen LogP contribution in [0.3, 0.4) is 0 Å². The van der Waals surface area contributed by atoms with Crippen molar-refractivity contribution >= 4 is 45.8 Å². The van der Waals surface area contributed by atoms with Gasteiger partial charge < -0.3 is 15.1 Å². The average Bonchev–Trinajstić information content (AvgIpc) is 4.09. The molecule has 3 aliphatic rings. The second-order valence-electron chi connectivity index (χ2n) is 19.5. The van der Waals surface area contributed by atoms with Crippen LogP contribution in [0.15, 0.2) is 78.0 Å². The van der Waals surface area contributed by atoms with Gasteiger partial charge in [0.05, 0.1) is 51.9 Å². The van der Waals surface area contributed by atoms with E-state index in [0.717, 1.165) is 115 Å². The third-order valence-corrected chi connectivity index (χ3v) is 13.8. The Morgan fingerprint density at radius 1 is 0.882 bits per heavy atom. The third kappa shape index (κ3) is 8.61. The highest BCUT2D eigenvalue weighted by Crippen LogP contribution is 2.32. The quantitative estimate of drug-likeness (QED) is 0.180. The number of tetrazole rings is 1. The molecule has 3 fully saturated rings. The Morgan fingerprint density at radius 3 is 2.37 bits per heavy atom. The van der Waals surface area contributed by atoms with Crippen molar-refractivity contribution in [1.82, 2.24) is 64.5 Å². The summed E-state index contributed by atoms with van der Waals surface area (Å²) in [7, 11) is 1.74. The van der Waals surface area contributed by atoms with Gasteiger partial charge in [0.1, 0.15) is 11.9 Å². The highest BCUT2D eigenvalue weighted by atomic mass is 16.2. The van der Waals surface area contributed by atoms with Crippen LogP contribution in [0.5, 0.6) is 0 Å². The highest BCUT2D eigenvalue weighted by molar-refractivity contribution is 6.00. The maximum absolute atomic E-state index is 13.3. The molecule has 0 bridgehead atoms. The number of pyridine rings is 1. The lowest BCUT2D eigenvalue weighted by Gasteiger charge is -2.39. The molecule has 0 spiro atoms. The summed E-state index contributed by atoms with van der Waals surface area (Å²) in [5.41, 5.74) is 8.19. The van der Waals surface area contributed by atoms with Crippen molar-refractivity contribution in [2.45, 2.75) is 77.9 Å². The van der Waals surface area contributed by atoms with Gasteiger partial charge in [-0.1, -0.05) is 12.1 Å². The molecule has 3 aliphatic heterocycles. The number of fused-ring (bicyclic) bond motifs is 2. The topological polar surface area (TPSA) is 199 Å². The van der Waals surface area contributed by atoms with Crippen LogP contribution in [0, 0.1) is 12.8 Å². The van der Waals surface area contributed by atoms with Gasteiger partial charge in [0.25, 0.3) is 11.7 Å². The number of imidazole rings is 1. The minimum absolute atomic E-state index is 0.0317. The minimum atomic E-state index is -0.692. The number of benzene rings is 2. The van der Waals surface area contributed by atoms with E-state index in [4.69, 9.17) is 9.97 Å². The molecular weight excluding hydrogens is 863 g/mol. The van der Waals surface area contributed by atoms with E-state index in [9.17, 15) is 19.2 Å². The van der Waals surface area contributed by atoms with Crippen LogP contribution < -0.4 is 26.1 Å². The fourth-order valence-electron chi connectivity index (χ4n) is 9.92. The van der Waals surface area contributed by atoms with E-state index in [1.807, 2.05) is 81.9 Å². The number of amides is 3. The number of aryl methyl sites for hydroxylation is 2. The Bertz CT molecular complexity index is 3110.